The molecule has 0 aliphatic heterocycles. The largest absolute Gasteiger partial charge is 0.497 e. The Hall–Kier alpha value is -2.08. The fourth-order valence-corrected chi connectivity index (χ4v) is 3.37. The third-order valence-electron chi connectivity index (χ3n) is 4.58. The Balaban J connectivity index is 1.88. The molecule has 0 saturated heterocycles. The van der Waals surface area contributed by atoms with Crippen LogP contribution in [-0.4, -0.2) is 23.6 Å². The van der Waals surface area contributed by atoms with Gasteiger partial charge in [0.15, 0.2) is 0 Å². The fraction of sp³-hybridized carbons (Fsp3) is 0.368. The summed E-state index contributed by atoms with van der Waals surface area (Å²) < 4.78 is 7.40. The van der Waals surface area contributed by atoms with Gasteiger partial charge in [0.2, 0.25) is 5.91 Å². The second-order valence-electron chi connectivity index (χ2n) is 6.35. The average molecular weight is 405 g/mol. The summed E-state index contributed by atoms with van der Waals surface area (Å²) in [5.41, 5.74) is 0.638. The number of anilines is 1. The smallest absolute Gasteiger partial charge is 0.251 e. The summed E-state index contributed by atoms with van der Waals surface area (Å²) in [6.07, 6.45) is 3.92. The van der Waals surface area contributed by atoms with E-state index in [0.717, 1.165) is 28.8 Å². The molecule has 1 aliphatic carbocycles. The van der Waals surface area contributed by atoms with E-state index in [9.17, 15) is 9.59 Å². The van der Waals surface area contributed by atoms with E-state index in [0.29, 0.717) is 5.92 Å². The monoisotopic (exact) mass is 404 g/mol. The van der Waals surface area contributed by atoms with Crippen LogP contribution in [0.2, 0.25) is 0 Å². The van der Waals surface area contributed by atoms with E-state index in [4.69, 9.17) is 4.74 Å². The molecule has 1 aromatic heterocycles. The lowest BCUT2D eigenvalue weighted by Crippen LogP contribution is -2.43. The van der Waals surface area contributed by atoms with Gasteiger partial charge >= 0.3 is 0 Å². The number of rotatable bonds is 6. The number of aromatic nitrogens is 1. The lowest BCUT2D eigenvalue weighted by Gasteiger charge is -2.30. The minimum atomic E-state index is -0.190. The fourth-order valence-electron chi connectivity index (χ4n) is 2.99. The van der Waals surface area contributed by atoms with Crippen LogP contribution >= 0.6 is 15.9 Å². The number of halogens is 1. The Kier molecular flexibility index (Phi) is 5.27. The quantitative estimate of drug-likeness (QED) is 0.740. The highest BCUT2D eigenvalue weighted by molar-refractivity contribution is 9.10. The number of hydrogen-bond acceptors (Lipinski definition) is 3. The molecule has 1 aliphatic rings. The average Bonchev–Trinajstić information content (AvgIpc) is 3.44. The number of amides is 1. The summed E-state index contributed by atoms with van der Waals surface area (Å²) in [6.45, 7) is 2.09. The molecule has 1 atom stereocenters. The Morgan fingerprint density at radius 1 is 1.28 bits per heavy atom. The van der Waals surface area contributed by atoms with Gasteiger partial charge in [0.25, 0.3) is 5.56 Å². The van der Waals surface area contributed by atoms with Gasteiger partial charge in [-0.15, -0.1) is 0 Å². The third-order valence-corrected chi connectivity index (χ3v) is 5.05. The molecular formula is C19H21BrN2O3. The molecule has 1 fully saturated rings. The number of carbonyl (C=O) groups is 1. The first-order valence-electron chi connectivity index (χ1n) is 8.31. The van der Waals surface area contributed by atoms with Crippen LogP contribution in [-0.2, 0) is 11.3 Å². The molecule has 1 amide bonds. The van der Waals surface area contributed by atoms with Crippen molar-refractivity contribution in [2.45, 2.75) is 32.4 Å². The van der Waals surface area contributed by atoms with Crippen LogP contribution < -0.4 is 15.2 Å². The van der Waals surface area contributed by atoms with E-state index in [2.05, 4.69) is 22.9 Å². The van der Waals surface area contributed by atoms with E-state index in [1.54, 1.807) is 19.4 Å². The molecular weight excluding hydrogens is 384 g/mol. The van der Waals surface area contributed by atoms with Crippen LogP contribution in [0.4, 0.5) is 5.69 Å². The van der Waals surface area contributed by atoms with Gasteiger partial charge in [-0.25, -0.2) is 0 Å². The highest BCUT2D eigenvalue weighted by atomic mass is 79.9. The molecule has 132 valence electrons. The second kappa shape index (κ2) is 7.44. The van der Waals surface area contributed by atoms with E-state index in [1.165, 1.54) is 10.6 Å². The van der Waals surface area contributed by atoms with Crippen LogP contribution in [0.15, 0.2) is 51.9 Å². The van der Waals surface area contributed by atoms with Gasteiger partial charge in [-0.3, -0.25) is 9.59 Å². The molecule has 0 N–H and O–H groups in total. The van der Waals surface area contributed by atoms with E-state index in [1.807, 2.05) is 29.2 Å². The van der Waals surface area contributed by atoms with Crippen molar-refractivity contribution >= 4 is 27.5 Å². The number of nitrogens with zero attached hydrogens (tertiary/aromatic N) is 2. The predicted molar refractivity (Wildman–Crippen MR) is 101 cm³/mol. The molecule has 5 nitrogen and oxygen atoms in total. The summed E-state index contributed by atoms with van der Waals surface area (Å²) in [5.74, 6) is 1.17. The molecule has 25 heavy (non-hydrogen) atoms. The topological polar surface area (TPSA) is 51.5 Å². The minimum absolute atomic E-state index is 0.0152. The molecule has 6 heteroatoms. The Bertz CT molecular complexity index is 812. The number of hydrogen-bond donors (Lipinski definition) is 0. The van der Waals surface area contributed by atoms with Crippen LogP contribution in [0.5, 0.6) is 5.75 Å². The number of ether oxygens (including phenoxy) is 1. The van der Waals surface area contributed by atoms with Crippen molar-refractivity contribution in [2.24, 2.45) is 5.92 Å². The van der Waals surface area contributed by atoms with Gasteiger partial charge in [-0.1, -0.05) is 0 Å². The third kappa shape index (κ3) is 4.12. The van der Waals surface area contributed by atoms with Crippen molar-refractivity contribution in [3.63, 3.8) is 0 Å². The van der Waals surface area contributed by atoms with Gasteiger partial charge in [0.1, 0.15) is 12.3 Å². The molecule has 1 aromatic carbocycles. The molecule has 0 spiro atoms. The first kappa shape index (κ1) is 17.7. The Morgan fingerprint density at radius 2 is 1.96 bits per heavy atom. The lowest BCUT2D eigenvalue weighted by atomic mass is 10.1. The molecule has 1 heterocycles. The molecule has 0 bridgehead atoms. The summed E-state index contributed by atoms with van der Waals surface area (Å²) in [5, 5.41) is 0. The van der Waals surface area contributed by atoms with Crippen LogP contribution in [0.1, 0.15) is 19.8 Å². The van der Waals surface area contributed by atoms with Gasteiger partial charge < -0.3 is 14.2 Å². The van der Waals surface area contributed by atoms with Crippen molar-refractivity contribution in [3.05, 3.63) is 57.4 Å². The molecule has 0 radical (unpaired) electrons. The van der Waals surface area contributed by atoms with Gasteiger partial charge in [0.05, 0.1) is 7.11 Å². The summed E-state index contributed by atoms with van der Waals surface area (Å²) in [6, 6.07) is 10.7. The maximum Gasteiger partial charge on any atom is 0.251 e. The minimum Gasteiger partial charge on any atom is -0.497 e. The lowest BCUT2D eigenvalue weighted by molar-refractivity contribution is -0.119. The Labute approximate surface area is 155 Å². The Morgan fingerprint density at radius 3 is 2.56 bits per heavy atom. The van der Waals surface area contributed by atoms with Crippen molar-refractivity contribution in [1.82, 2.24) is 4.57 Å². The standard InChI is InChI=1S/C19H21BrN2O3/c1-13(14-3-4-14)22(16-6-8-17(25-2)9-7-16)19(24)12-21-11-15(20)5-10-18(21)23/h5-11,13-14H,3-4,12H2,1-2H3. The van der Waals surface area contributed by atoms with E-state index < -0.39 is 0 Å². The number of pyridine rings is 1. The number of benzene rings is 1. The molecule has 1 saturated carbocycles. The van der Waals surface area contributed by atoms with E-state index in [-0.39, 0.29) is 24.1 Å². The SMILES string of the molecule is COc1ccc(N(C(=O)Cn2cc(Br)ccc2=O)C(C)C2CC2)cc1. The summed E-state index contributed by atoms with van der Waals surface area (Å²) in [4.78, 5) is 26.9. The van der Waals surface area contributed by atoms with Crippen molar-refractivity contribution < 1.29 is 9.53 Å². The summed E-state index contributed by atoms with van der Waals surface area (Å²) >= 11 is 3.35. The van der Waals surface area contributed by atoms with Crippen LogP contribution in [0, 0.1) is 5.92 Å². The molecule has 1 unspecified atom stereocenters. The highest BCUT2D eigenvalue weighted by Gasteiger charge is 2.35. The van der Waals surface area contributed by atoms with E-state index >= 15 is 0 Å². The van der Waals surface area contributed by atoms with Crippen molar-refractivity contribution in [2.75, 3.05) is 12.0 Å². The van der Waals surface area contributed by atoms with Crippen LogP contribution in [0.3, 0.4) is 0 Å². The maximum atomic E-state index is 13.0. The normalized spacial score (nSPS) is 14.8. The highest BCUT2D eigenvalue weighted by Crippen LogP contribution is 2.37. The predicted octanol–water partition coefficient (Wildman–Crippen LogP) is 3.45. The van der Waals surface area contributed by atoms with Crippen molar-refractivity contribution in [3.8, 4) is 5.75 Å². The zero-order chi connectivity index (χ0) is 18.0. The molecule has 2 aromatic rings. The summed E-state index contributed by atoms with van der Waals surface area (Å²) in [7, 11) is 1.62. The maximum absolute atomic E-state index is 13.0. The molecule has 3 rings (SSSR count). The van der Waals surface area contributed by atoms with Crippen molar-refractivity contribution in [1.29, 1.82) is 0 Å². The van der Waals surface area contributed by atoms with Gasteiger partial charge in [0, 0.05) is 28.5 Å². The zero-order valence-electron chi connectivity index (χ0n) is 14.3. The van der Waals surface area contributed by atoms with Gasteiger partial charge in [-0.05, 0) is 71.9 Å². The van der Waals surface area contributed by atoms with Gasteiger partial charge in [-0.2, -0.15) is 0 Å². The number of methoxy groups -OCH3 is 1. The first-order valence-corrected chi connectivity index (χ1v) is 9.11. The number of carbonyl (C=O) groups excluding carboxylic acids is 1. The van der Waals surface area contributed by atoms with Crippen LogP contribution in [0.25, 0.3) is 0 Å². The zero-order valence-corrected chi connectivity index (χ0v) is 15.9. The second-order valence-corrected chi connectivity index (χ2v) is 7.27. The first-order chi connectivity index (χ1) is 12.0.